The second-order valence-corrected chi connectivity index (χ2v) is 4.59. The zero-order valence-electron chi connectivity index (χ0n) is 11.8. The van der Waals surface area contributed by atoms with E-state index in [0.717, 1.165) is 5.69 Å². The van der Waals surface area contributed by atoms with Gasteiger partial charge in [-0.3, -0.25) is 4.79 Å². The fraction of sp³-hybridized carbons (Fsp3) is 0.500. The smallest absolute Gasteiger partial charge is 0.324 e. The van der Waals surface area contributed by atoms with Crippen molar-refractivity contribution in [3.05, 3.63) is 29.3 Å². The van der Waals surface area contributed by atoms with Crippen molar-refractivity contribution in [3.63, 3.8) is 0 Å². The molecule has 0 heterocycles. The molecular formula is C14H22N2O2. The molecule has 0 amide bonds. The summed E-state index contributed by atoms with van der Waals surface area (Å²) in [6.45, 7) is 4.71. The number of ether oxygens (including phenoxy) is 1. The van der Waals surface area contributed by atoms with Gasteiger partial charge in [-0.25, -0.2) is 0 Å². The van der Waals surface area contributed by atoms with Crippen LogP contribution in [0.3, 0.4) is 0 Å². The molecule has 0 saturated carbocycles. The normalized spacial score (nSPS) is 12.1. The second-order valence-electron chi connectivity index (χ2n) is 4.59. The number of hydrogen-bond acceptors (Lipinski definition) is 4. The van der Waals surface area contributed by atoms with Gasteiger partial charge in [0, 0.05) is 19.3 Å². The van der Waals surface area contributed by atoms with Gasteiger partial charge in [0.1, 0.15) is 6.04 Å². The molecule has 0 aliphatic heterocycles. The minimum atomic E-state index is -0.319. The lowest BCUT2D eigenvalue weighted by atomic mass is 10.1. The summed E-state index contributed by atoms with van der Waals surface area (Å²) in [5.41, 5.74) is 3.54. The molecule has 0 spiro atoms. The van der Waals surface area contributed by atoms with Gasteiger partial charge in [-0.15, -0.1) is 0 Å². The van der Waals surface area contributed by atoms with Gasteiger partial charge >= 0.3 is 5.97 Å². The number of rotatable bonds is 5. The lowest BCUT2D eigenvalue weighted by Gasteiger charge is -2.24. The SMILES string of the molecule is CNC(CN(C)c1cc(C)cc(C)c1)C(=O)OC. The Morgan fingerprint density at radius 2 is 1.89 bits per heavy atom. The minimum absolute atomic E-state index is 0.242. The first-order valence-electron chi connectivity index (χ1n) is 6.02. The molecule has 0 bridgehead atoms. The first-order valence-corrected chi connectivity index (χ1v) is 6.02. The standard InChI is InChI=1S/C14H22N2O2/c1-10-6-11(2)8-12(7-10)16(4)9-13(15-3)14(17)18-5/h6-8,13,15H,9H2,1-5H3. The third-order valence-electron chi connectivity index (χ3n) is 2.94. The maximum Gasteiger partial charge on any atom is 0.324 e. The number of methoxy groups -OCH3 is 1. The molecule has 100 valence electrons. The predicted molar refractivity (Wildman–Crippen MR) is 74.0 cm³/mol. The topological polar surface area (TPSA) is 41.6 Å². The third kappa shape index (κ3) is 3.74. The fourth-order valence-corrected chi connectivity index (χ4v) is 1.98. The molecule has 4 nitrogen and oxygen atoms in total. The van der Waals surface area contributed by atoms with Crippen molar-refractivity contribution in [2.45, 2.75) is 19.9 Å². The predicted octanol–water partition coefficient (Wildman–Crippen LogP) is 1.50. The largest absolute Gasteiger partial charge is 0.468 e. The molecule has 0 radical (unpaired) electrons. The Balaban J connectivity index is 2.80. The van der Waals surface area contributed by atoms with Crippen LogP contribution < -0.4 is 10.2 Å². The van der Waals surface area contributed by atoms with Crippen LogP contribution in [0.1, 0.15) is 11.1 Å². The number of nitrogens with one attached hydrogen (secondary N) is 1. The van der Waals surface area contributed by atoms with Crippen molar-refractivity contribution < 1.29 is 9.53 Å². The summed E-state index contributed by atoms with van der Waals surface area (Å²) < 4.78 is 4.76. The Kier molecular flexibility index (Phi) is 5.16. The van der Waals surface area contributed by atoms with Crippen LogP contribution >= 0.6 is 0 Å². The zero-order valence-corrected chi connectivity index (χ0v) is 11.8. The number of benzene rings is 1. The van der Waals surface area contributed by atoms with Gasteiger partial charge in [0.05, 0.1) is 7.11 Å². The van der Waals surface area contributed by atoms with Gasteiger partial charge in [-0.05, 0) is 44.2 Å². The van der Waals surface area contributed by atoms with Crippen molar-refractivity contribution in [1.29, 1.82) is 0 Å². The van der Waals surface area contributed by atoms with Crippen LogP contribution in [0.4, 0.5) is 5.69 Å². The maximum atomic E-state index is 11.5. The number of anilines is 1. The highest BCUT2D eigenvalue weighted by atomic mass is 16.5. The second kappa shape index (κ2) is 6.40. The van der Waals surface area contributed by atoms with Crippen LogP contribution in [0.5, 0.6) is 0 Å². The van der Waals surface area contributed by atoms with Gasteiger partial charge in [0.2, 0.25) is 0 Å². The highest BCUT2D eigenvalue weighted by Gasteiger charge is 2.19. The van der Waals surface area contributed by atoms with E-state index < -0.39 is 0 Å². The number of esters is 1. The van der Waals surface area contributed by atoms with E-state index in [1.54, 1.807) is 7.05 Å². The molecule has 1 N–H and O–H groups in total. The minimum Gasteiger partial charge on any atom is -0.468 e. The fourth-order valence-electron chi connectivity index (χ4n) is 1.98. The number of hydrogen-bond donors (Lipinski definition) is 1. The van der Waals surface area contributed by atoms with Crippen LogP contribution in [0.2, 0.25) is 0 Å². The quantitative estimate of drug-likeness (QED) is 0.804. The van der Waals surface area contributed by atoms with Crippen molar-refractivity contribution >= 4 is 11.7 Å². The Morgan fingerprint density at radius 3 is 2.33 bits per heavy atom. The van der Waals surface area contributed by atoms with Crippen molar-refractivity contribution in [1.82, 2.24) is 5.32 Å². The van der Waals surface area contributed by atoms with Gasteiger partial charge < -0.3 is 15.0 Å². The molecule has 0 aromatic heterocycles. The van der Waals surface area contributed by atoms with Crippen LogP contribution in [-0.4, -0.2) is 39.8 Å². The van der Waals surface area contributed by atoms with Gasteiger partial charge in [-0.1, -0.05) is 6.07 Å². The van der Waals surface area contributed by atoms with Gasteiger partial charge in [0.25, 0.3) is 0 Å². The third-order valence-corrected chi connectivity index (χ3v) is 2.94. The van der Waals surface area contributed by atoms with Crippen LogP contribution in [0, 0.1) is 13.8 Å². The molecule has 1 atom stereocenters. The van der Waals surface area contributed by atoms with Crippen LogP contribution in [0.25, 0.3) is 0 Å². The molecule has 0 aliphatic carbocycles. The summed E-state index contributed by atoms with van der Waals surface area (Å²) in [6.07, 6.45) is 0. The Hall–Kier alpha value is -1.55. The van der Waals surface area contributed by atoms with E-state index in [-0.39, 0.29) is 12.0 Å². The van der Waals surface area contributed by atoms with Crippen LogP contribution in [-0.2, 0) is 9.53 Å². The van der Waals surface area contributed by atoms with E-state index in [0.29, 0.717) is 6.54 Å². The van der Waals surface area contributed by atoms with Gasteiger partial charge in [0.15, 0.2) is 0 Å². The highest BCUT2D eigenvalue weighted by Crippen LogP contribution is 2.17. The molecule has 0 fully saturated rings. The number of nitrogens with zero attached hydrogens (tertiary/aromatic N) is 1. The summed E-state index contributed by atoms with van der Waals surface area (Å²) in [5, 5.41) is 2.97. The first-order chi connectivity index (χ1) is 8.47. The Bertz CT molecular complexity index is 398. The zero-order chi connectivity index (χ0) is 13.7. The average Bonchev–Trinajstić information content (AvgIpc) is 2.33. The molecule has 1 aromatic carbocycles. The number of carbonyl (C=O) groups excluding carboxylic acids is 1. The van der Waals surface area contributed by atoms with E-state index in [9.17, 15) is 4.79 Å². The van der Waals surface area contributed by atoms with Crippen molar-refractivity contribution in [3.8, 4) is 0 Å². The molecule has 1 aromatic rings. The summed E-state index contributed by atoms with van der Waals surface area (Å²) in [4.78, 5) is 13.6. The van der Waals surface area contributed by atoms with Crippen molar-refractivity contribution in [2.24, 2.45) is 0 Å². The van der Waals surface area contributed by atoms with E-state index in [2.05, 4.69) is 42.3 Å². The van der Waals surface area contributed by atoms with Gasteiger partial charge in [-0.2, -0.15) is 0 Å². The highest BCUT2D eigenvalue weighted by molar-refractivity contribution is 5.76. The van der Waals surface area contributed by atoms with E-state index in [1.165, 1.54) is 18.2 Å². The summed E-state index contributed by atoms with van der Waals surface area (Å²) in [5.74, 6) is -0.242. The van der Waals surface area contributed by atoms with Crippen LogP contribution in [0.15, 0.2) is 18.2 Å². The lowest BCUT2D eigenvalue weighted by molar-refractivity contribution is -0.142. The molecule has 18 heavy (non-hydrogen) atoms. The summed E-state index contributed by atoms with van der Waals surface area (Å²) >= 11 is 0. The number of aryl methyl sites for hydroxylation is 2. The lowest BCUT2D eigenvalue weighted by Crippen LogP contribution is -2.44. The summed E-state index contributed by atoms with van der Waals surface area (Å²) in [7, 11) is 5.14. The van der Waals surface area contributed by atoms with E-state index >= 15 is 0 Å². The maximum absolute atomic E-state index is 11.5. The Morgan fingerprint density at radius 1 is 1.33 bits per heavy atom. The summed E-state index contributed by atoms with van der Waals surface area (Å²) in [6, 6.07) is 6.03. The molecule has 4 heteroatoms. The average molecular weight is 250 g/mol. The molecular weight excluding hydrogens is 228 g/mol. The van der Waals surface area contributed by atoms with E-state index in [4.69, 9.17) is 4.74 Å². The molecule has 0 aliphatic rings. The Labute approximate surface area is 109 Å². The number of carbonyl (C=O) groups is 1. The van der Waals surface area contributed by atoms with Crippen molar-refractivity contribution in [2.75, 3.05) is 32.6 Å². The molecule has 1 rings (SSSR count). The first kappa shape index (κ1) is 14.5. The molecule has 0 saturated heterocycles. The molecule has 1 unspecified atom stereocenters. The van der Waals surface area contributed by atoms with E-state index in [1.807, 2.05) is 7.05 Å². The number of likely N-dealkylation sites (N-methyl/N-ethyl adjacent to an activating group) is 2. The monoisotopic (exact) mass is 250 g/mol.